The topological polar surface area (TPSA) is 108 Å². The molecular weight excluding hydrogens is 344 g/mol. The van der Waals surface area contributed by atoms with Gasteiger partial charge in [0, 0.05) is 12.6 Å². The molecule has 1 aliphatic rings. The molecule has 1 aromatic carbocycles. The SMILES string of the molecule is COC(=O)c1cc(S(=O)(=O)NCC(N)C2CC2)ccc1OC.Cl. The van der Waals surface area contributed by atoms with Crippen LogP contribution >= 0.6 is 12.4 Å². The first kappa shape index (κ1) is 19.7. The number of nitrogens with one attached hydrogen (secondary N) is 1. The first-order chi connectivity index (χ1) is 10.4. The van der Waals surface area contributed by atoms with Crippen LogP contribution in [0.25, 0.3) is 0 Å². The normalized spacial score (nSPS) is 15.4. The predicted molar refractivity (Wildman–Crippen MR) is 87.5 cm³/mol. The van der Waals surface area contributed by atoms with Crippen molar-refractivity contribution in [3.05, 3.63) is 23.8 Å². The van der Waals surface area contributed by atoms with Crippen molar-refractivity contribution in [3.63, 3.8) is 0 Å². The highest BCUT2D eigenvalue weighted by Gasteiger charge is 2.29. The van der Waals surface area contributed by atoms with E-state index in [1.54, 1.807) is 0 Å². The molecule has 130 valence electrons. The molecule has 1 unspecified atom stereocenters. The summed E-state index contributed by atoms with van der Waals surface area (Å²) in [4.78, 5) is 11.7. The molecule has 1 fully saturated rings. The number of carbonyl (C=O) groups is 1. The summed E-state index contributed by atoms with van der Waals surface area (Å²) in [5, 5.41) is 0. The first-order valence-electron chi connectivity index (χ1n) is 6.90. The second kappa shape index (κ2) is 7.96. The lowest BCUT2D eigenvalue weighted by molar-refractivity contribution is 0.0597. The summed E-state index contributed by atoms with van der Waals surface area (Å²) < 4.78 is 36.7. The molecule has 0 aliphatic heterocycles. The molecular formula is C14H21ClN2O5S. The van der Waals surface area contributed by atoms with Gasteiger partial charge in [-0.25, -0.2) is 17.9 Å². The van der Waals surface area contributed by atoms with E-state index in [0.717, 1.165) is 12.8 Å². The van der Waals surface area contributed by atoms with Gasteiger partial charge in [-0.1, -0.05) is 0 Å². The minimum atomic E-state index is -3.74. The number of benzene rings is 1. The van der Waals surface area contributed by atoms with Gasteiger partial charge in [0.15, 0.2) is 0 Å². The van der Waals surface area contributed by atoms with Gasteiger partial charge in [0.2, 0.25) is 10.0 Å². The number of halogens is 1. The van der Waals surface area contributed by atoms with E-state index in [4.69, 9.17) is 10.5 Å². The Morgan fingerprint density at radius 2 is 2.04 bits per heavy atom. The van der Waals surface area contributed by atoms with Crippen LogP contribution in [-0.2, 0) is 14.8 Å². The Kier molecular flexibility index (Phi) is 6.82. The number of methoxy groups -OCH3 is 2. The minimum absolute atomic E-state index is 0. The molecule has 0 aromatic heterocycles. The smallest absolute Gasteiger partial charge is 0.341 e. The van der Waals surface area contributed by atoms with E-state index in [9.17, 15) is 13.2 Å². The van der Waals surface area contributed by atoms with Crippen molar-refractivity contribution in [1.82, 2.24) is 4.72 Å². The van der Waals surface area contributed by atoms with Gasteiger partial charge >= 0.3 is 5.97 Å². The molecule has 0 bridgehead atoms. The third kappa shape index (κ3) is 4.81. The number of sulfonamides is 1. The van der Waals surface area contributed by atoms with Gasteiger partial charge in [-0.15, -0.1) is 12.4 Å². The van der Waals surface area contributed by atoms with Crippen molar-refractivity contribution in [2.75, 3.05) is 20.8 Å². The fourth-order valence-corrected chi connectivity index (χ4v) is 3.20. The van der Waals surface area contributed by atoms with Gasteiger partial charge in [0.1, 0.15) is 11.3 Å². The van der Waals surface area contributed by atoms with Crippen LogP contribution < -0.4 is 15.2 Å². The van der Waals surface area contributed by atoms with E-state index in [-0.39, 0.29) is 41.2 Å². The quantitative estimate of drug-likeness (QED) is 0.696. The molecule has 1 saturated carbocycles. The molecule has 0 heterocycles. The number of carbonyl (C=O) groups excluding carboxylic acids is 1. The minimum Gasteiger partial charge on any atom is -0.496 e. The highest BCUT2D eigenvalue weighted by Crippen LogP contribution is 2.31. The van der Waals surface area contributed by atoms with Gasteiger partial charge < -0.3 is 15.2 Å². The number of hydrogen-bond donors (Lipinski definition) is 2. The molecule has 1 aliphatic carbocycles. The van der Waals surface area contributed by atoms with Crippen LogP contribution in [0.3, 0.4) is 0 Å². The molecule has 1 atom stereocenters. The fraction of sp³-hybridized carbons (Fsp3) is 0.500. The van der Waals surface area contributed by atoms with E-state index in [0.29, 0.717) is 5.92 Å². The highest BCUT2D eigenvalue weighted by atomic mass is 35.5. The van der Waals surface area contributed by atoms with Crippen LogP contribution in [0.2, 0.25) is 0 Å². The van der Waals surface area contributed by atoms with Crippen LogP contribution in [0.4, 0.5) is 0 Å². The Hall–Kier alpha value is -1.35. The summed E-state index contributed by atoms with van der Waals surface area (Å²) in [6, 6.07) is 3.83. The van der Waals surface area contributed by atoms with Crippen LogP contribution in [0.15, 0.2) is 23.1 Å². The molecule has 7 nitrogen and oxygen atoms in total. The lowest BCUT2D eigenvalue weighted by Gasteiger charge is -2.13. The molecule has 9 heteroatoms. The maximum Gasteiger partial charge on any atom is 0.341 e. The average molecular weight is 365 g/mol. The zero-order valence-electron chi connectivity index (χ0n) is 12.9. The number of hydrogen-bond acceptors (Lipinski definition) is 6. The van der Waals surface area contributed by atoms with Crippen molar-refractivity contribution in [3.8, 4) is 5.75 Å². The van der Waals surface area contributed by atoms with Gasteiger partial charge in [-0.3, -0.25) is 0 Å². The van der Waals surface area contributed by atoms with E-state index < -0.39 is 16.0 Å². The maximum atomic E-state index is 12.3. The predicted octanol–water partition coefficient (Wildman–Crippen LogP) is 0.919. The van der Waals surface area contributed by atoms with Crippen molar-refractivity contribution >= 4 is 28.4 Å². The van der Waals surface area contributed by atoms with Crippen LogP contribution in [0, 0.1) is 5.92 Å². The van der Waals surface area contributed by atoms with Crippen molar-refractivity contribution in [2.45, 2.75) is 23.8 Å². The van der Waals surface area contributed by atoms with Crippen molar-refractivity contribution in [1.29, 1.82) is 0 Å². The summed E-state index contributed by atoms with van der Waals surface area (Å²) in [6.07, 6.45) is 2.08. The number of rotatable bonds is 7. The van der Waals surface area contributed by atoms with Gasteiger partial charge in [-0.05, 0) is 37.0 Å². The summed E-state index contributed by atoms with van der Waals surface area (Å²) in [5.41, 5.74) is 5.94. The Bertz CT molecular complexity index is 661. The van der Waals surface area contributed by atoms with Crippen LogP contribution in [-0.4, -0.2) is 41.2 Å². The van der Waals surface area contributed by atoms with E-state index in [1.165, 1.54) is 32.4 Å². The molecule has 0 amide bonds. The molecule has 1 aromatic rings. The summed E-state index contributed by atoms with van der Waals surface area (Å²) in [7, 11) is -1.13. The average Bonchev–Trinajstić information content (AvgIpc) is 3.36. The summed E-state index contributed by atoms with van der Waals surface area (Å²) >= 11 is 0. The molecule has 23 heavy (non-hydrogen) atoms. The van der Waals surface area contributed by atoms with Gasteiger partial charge in [-0.2, -0.15) is 0 Å². The lowest BCUT2D eigenvalue weighted by atomic mass is 10.2. The number of ether oxygens (including phenoxy) is 2. The van der Waals surface area contributed by atoms with Gasteiger partial charge in [0.25, 0.3) is 0 Å². The molecule has 3 N–H and O–H groups in total. The second-order valence-electron chi connectivity index (χ2n) is 5.21. The van der Waals surface area contributed by atoms with Crippen molar-refractivity contribution in [2.24, 2.45) is 11.7 Å². The third-order valence-corrected chi connectivity index (χ3v) is 5.04. The van der Waals surface area contributed by atoms with Crippen molar-refractivity contribution < 1.29 is 22.7 Å². The summed E-state index contributed by atoms with van der Waals surface area (Å²) in [5.74, 6) is -0.0201. The summed E-state index contributed by atoms with van der Waals surface area (Å²) in [6.45, 7) is 0.173. The monoisotopic (exact) mass is 364 g/mol. The van der Waals surface area contributed by atoms with E-state index >= 15 is 0 Å². The van der Waals surface area contributed by atoms with Gasteiger partial charge in [0.05, 0.1) is 19.1 Å². The maximum absolute atomic E-state index is 12.3. The van der Waals surface area contributed by atoms with E-state index in [1.807, 2.05) is 0 Å². The molecule has 0 radical (unpaired) electrons. The Balaban J connectivity index is 0.00000264. The number of nitrogens with two attached hydrogens (primary N) is 1. The van der Waals surface area contributed by atoms with Crippen LogP contribution in [0.5, 0.6) is 5.75 Å². The first-order valence-corrected chi connectivity index (χ1v) is 8.39. The fourth-order valence-electron chi connectivity index (χ4n) is 2.10. The lowest BCUT2D eigenvalue weighted by Crippen LogP contribution is -2.38. The molecule has 0 spiro atoms. The third-order valence-electron chi connectivity index (χ3n) is 3.62. The Morgan fingerprint density at radius 3 is 2.57 bits per heavy atom. The van der Waals surface area contributed by atoms with E-state index in [2.05, 4.69) is 9.46 Å². The Morgan fingerprint density at radius 1 is 1.39 bits per heavy atom. The zero-order chi connectivity index (χ0) is 16.3. The highest BCUT2D eigenvalue weighted by molar-refractivity contribution is 7.89. The Labute approximate surface area is 142 Å². The second-order valence-corrected chi connectivity index (χ2v) is 6.97. The molecule has 2 rings (SSSR count). The zero-order valence-corrected chi connectivity index (χ0v) is 14.6. The van der Waals surface area contributed by atoms with Crippen LogP contribution in [0.1, 0.15) is 23.2 Å². The standard InChI is InChI=1S/C14H20N2O5S.ClH/c1-20-13-6-5-10(7-11(13)14(17)21-2)22(18,19)16-8-12(15)9-3-4-9;/h5-7,9,12,16H,3-4,8,15H2,1-2H3;1H. The largest absolute Gasteiger partial charge is 0.496 e. The molecule has 0 saturated heterocycles. The number of esters is 1.